The number of amides is 3. The molecule has 1 aliphatic heterocycles. The average molecular weight is 453 g/mol. The molecule has 0 unspecified atom stereocenters. The maximum Gasteiger partial charge on any atom is 0.283 e. The van der Waals surface area contributed by atoms with Gasteiger partial charge < -0.3 is 5.32 Å². The minimum absolute atomic E-state index is 0.0405. The topological polar surface area (TPSA) is 91.4 Å². The predicted molar refractivity (Wildman–Crippen MR) is 121 cm³/mol. The Morgan fingerprint density at radius 2 is 1.84 bits per heavy atom. The molecule has 3 amide bonds. The van der Waals surface area contributed by atoms with Crippen molar-refractivity contribution in [1.29, 1.82) is 0 Å². The molecule has 2 aromatic carbocycles. The van der Waals surface area contributed by atoms with Gasteiger partial charge in [-0.05, 0) is 49.7 Å². The van der Waals surface area contributed by atoms with E-state index in [4.69, 9.17) is 11.6 Å². The lowest BCUT2D eigenvalue weighted by Gasteiger charge is -2.15. The Hall–Kier alpha value is -3.49. The first-order chi connectivity index (χ1) is 14.8. The summed E-state index contributed by atoms with van der Waals surface area (Å²) in [6.45, 7) is 3.71. The number of carbonyl (C=O) groups is 3. The molecule has 1 aromatic heterocycles. The Morgan fingerprint density at radius 3 is 2.55 bits per heavy atom. The highest BCUT2D eigenvalue weighted by Crippen LogP contribution is 2.30. The molecule has 0 saturated carbocycles. The number of nitrogens with zero attached hydrogens (tertiary/aromatic N) is 2. The Bertz CT molecular complexity index is 1250. The van der Waals surface area contributed by atoms with Gasteiger partial charge in [-0.25, -0.2) is 9.88 Å². The second kappa shape index (κ2) is 8.33. The van der Waals surface area contributed by atoms with E-state index in [2.05, 4.69) is 15.6 Å². The number of halogens is 1. The van der Waals surface area contributed by atoms with E-state index >= 15 is 0 Å². The largest absolute Gasteiger partial charge is 0.350 e. The lowest BCUT2D eigenvalue weighted by atomic mass is 10.2. The Labute approximate surface area is 187 Å². The average Bonchev–Trinajstić information content (AvgIpc) is 3.24. The zero-order valence-corrected chi connectivity index (χ0v) is 18.2. The van der Waals surface area contributed by atoms with Crippen LogP contribution in [0.1, 0.15) is 21.6 Å². The van der Waals surface area contributed by atoms with Crippen LogP contribution in [0.3, 0.4) is 0 Å². The number of hydrogen-bond acceptors (Lipinski definition) is 6. The molecule has 0 spiro atoms. The second-order valence-corrected chi connectivity index (χ2v) is 8.16. The van der Waals surface area contributed by atoms with Crippen LogP contribution < -0.4 is 15.5 Å². The maximum absolute atomic E-state index is 12.9. The molecule has 156 valence electrons. The molecular formula is C22H17ClN4O3S. The molecular weight excluding hydrogens is 436 g/mol. The van der Waals surface area contributed by atoms with Crippen molar-refractivity contribution in [3.05, 3.63) is 81.5 Å². The first kappa shape index (κ1) is 20.8. The molecule has 0 atom stereocenters. The summed E-state index contributed by atoms with van der Waals surface area (Å²) in [5, 5.41) is 7.75. The van der Waals surface area contributed by atoms with E-state index < -0.39 is 11.8 Å². The molecule has 4 rings (SSSR count). The van der Waals surface area contributed by atoms with Crippen molar-refractivity contribution >= 4 is 57.2 Å². The van der Waals surface area contributed by atoms with Gasteiger partial charge in [0.05, 0.1) is 11.4 Å². The molecule has 2 N–H and O–H groups in total. The summed E-state index contributed by atoms with van der Waals surface area (Å²) >= 11 is 7.52. The zero-order chi connectivity index (χ0) is 22.1. The summed E-state index contributed by atoms with van der Waals surface area (Å²) < 4.78 is 0. The number of thiazole rings is 1. The second-order valence-electron chi connectivity index (χ2n) is 6.93. The minimum atomic E-state index is -0.604. The molecule has 9 heteroatoms. The number of hydrogen-bond donors (Lipinski definition) is 2. The Morgan fingerprint density at radius 1 is 1.06 bits per heavy atom. The van der Waals surface area contributed by atoms with Gasteiger partial charge in [0.1, 0.15) is 10.7 Å². The summed E-state index contributed by atoms with van der Waals surface area (Å²) in [6, 6.07) is 13.6. The summed E-state index contributed by atoms with van der Waals surface area (Å²) in [5.41, 5.74) is 2.94. The van der Waals surface area contributed by atoms with E-state index in [0.717, 1.165) is 16.2 Å². The molecule has 7 nitrogen and oxygen atoms in total. The van der Waals surface area contributed by atoms with Crippen molar-refractivity contribution in [2.24, 2.45) is 0 Å². The van der Waals surface area contributed by atoms with Gasteiger partial charge in [-0.3, -0.25) is 19.7 Å². The van der Waals surface area contributed by atoms with Gasteiger partial charge in [-0.1, -0.05) is 29.8 Å². The third-order valence-corrected chi connectivity index (χ3v) is 5.75. The minimum Gasteiger partial charge on any atom is -0.350 e. The number of anilines is 3. The van der Waals surface area contributed by atoms with Crippen LogP contribution in [0.2, 0.25) is 0 Å². The number of imide groups is 1. The van der Waals surface area contributed by atoms with Crippen LogP contribution in [0.25, 0.3) is 0 Å². The van der Waals surface area contributed by atoms with E-state index in [-0.39, 0.29) is 16.6 Å². The fourth-order valence-corrected chi connectivity index (χ4v) is 3.97. The SMILES string of the molecule is Cc1cccc(N2C(=O)C(Cl)=C(Nc3cccc(C(=O)Nc4nc(C)cs4)c3)C2=O)c1. The molecule has 0 aliphatic carbocycles. The van der Waals surface area contributed by atoms with Crippen molar-refractivity contribution < 1.29 is 14.4 Å². The van der Waals surface area contributed by atoms with Crippen LogP contribution in [0, 0.1) is 13.8 Å². The molecule has 1 aliphatic rings. The van der Waals surface area contributed by atoms with Crippen LogP contribution in [0.5, 0.6) is 0 Å². The third kappa shape index (κ3) is 4.21. The quantitative estimate of drug-likeness (QED) is 0.558. The molecule has 2 heterocycles. The molecule has 31 heavy (non-hydrogen) atoms. The van der Waals surface area contributed by atoms with Gasteiger partial charge in [0.25, 0.3) is 17.7 Å². The summed E-state index contributed by atoms with van der Waals surface area (Å²) in [4.78, 5) is 43.3. The van der Waals surface area contributed by atoms with Gasteiger partial charge >= 0.3 is 0 Å². The van der Waals surface area contributed by atoms with Crippen molar-refractivity contribution in [2.75, 3.05) is 15.5 Å². The fraction of sp³-hybridized carbons (Fsp3) is 0.0909. The first-order valence-corrected chi connectivity index (χ1v) is 10.5. The van der Waals surface area contributed by atoms with E-state index in [0.29, 0.717) is 22.1 Å². The molecule has 0 bridgehead atoms. The standard InChI is InChI=1S/C22H17ClN4O3S/c1-12-5-3-8-16(9-12)27-20(29)17(23)18(21(27)30)25-15-7-4-6-14(10-15)19(28)26-22-24-13(2)11-31-22/h3-11,25H,1-2H3,(H,24,26,28). The van der Waals surface area contributed by atoms with Crippen LogP contribution in [-0.2, 0) is 9.59 Å². The van der Waals surface area contributed by atoms with Crippen molar-refractivity contribution in [1.82, 2.24) is 4.98 Å². The van der Waals surface area contributed by atoms with Crippen LogP contribution in [0.4, 0.5) is 16.5 Å². The van der Waals surface area contributed by atoms with Crippen LogP contribution in [0.15, 0.2) is 64.6 Å². The normalized spacial score (nSPS) is 13.7. The van der Waals surface area contributed by atoms with Gasteiger partial charge in [-0.2, -0.15) is 0 Å². The highest BCUT2D eigenvalue weighted by molar-refractivity contribution is 7.13. The Balaban J connectivity index is 1.55. The number of carbonyl (C=O) groups excluding carboxylic acids is 3. The zero-order valence-electron chi connectivity index (χ0n) is 16.6. The fourth-order valence-electron chi connectivity index (χ4n) is 3.08. The highest BCUT2D eigenvalue weighted by Gasteiger charge is 2.39. The van der Waals surface area contributed by atoms with Gasteiger partial charge in [0, 0.05) is 16.6 Å². The monoisotopic (exact) mass is 452 g/mol. The first-order valence-electron chi connectivity index (χ1n) is 9.29. The lowest BCUT2D eigenvalue weighted by Crippen LogP contribution is -2.32. The van der Waals surface area contributed by atoms with Gasteiger partial charge in [0.15, 0.2) is 5.13 Å². The number of nitrogens with one attached hydrogen (secondary N) is 2. The van der Waals surface area contributed by atoms with Crippen LogP contribution in [-0.4, -0.2) is 22.7 Å². The maximum atomic E-state index is 12.9. The number of benzene rings is 2. The summed E-state index contributed by atoms with van der Waals surface area (Å²) in [5.74, 6) is -1.50. The smallest absolute Gasteiger partial charge is 0.283 e. The van der Waals surface area contributed by atoms with Gasteiger partial charge in [0.2, 0.25) is 0 Å². The molecule has 3 aromatic rings. The van der Waals surface area contributed by atoms with E-state index in [1.54, 1.807) is 42.5 Å². The number of rotatable bonds is 5. The summed E-state index contributed by atoms with van der Waals surface area (Å²) in [7, 11) is 0. The molecule has 0 saturated heterocycles. The van der Waals surface area contributed by atoms with E-state index in [1.165, 1.54) is 11.3 Å². The third-order valence-electron chi connectivity index (χ3n) is 4.52. The number of aromatic nitrogens is 1. The predicted octanol–water partition coefficient (Wildman–Crippen LogP) is 4.45. The molecule has 0 radical (unpaired) electrons. The van der Waals surface area contributed by atoms with Crippen molar-refractivity contribution in [2.45, 2.75) is 13.8 Å². The highest BCUT2D eigenvalue weighted by atomic mass is 35.5. The number of aryl methyl sites for hydroxylation is 2. The van der Waals surface area contributed by atoms with E-state index in [1.807, 2.05) is 25.3 Å². The van der Waals surface area contributed by atoms with Crippen LogP contribution >= 0.6 is 22.9 Å². The van der Waals surface area contributed by atoms with Gasteiger partial charge in [-0.15, -0.1) is 11.3 Å². The van der Waals surface area contributed by atoms with Crippen molar-refractivity contribution in [3.63, 3.8) is 0 Å². The van der Waals surface area contributed by atoms with Crippen molar-refractivity contribution in [3.8, 4) is 0 Å². The summed E-state index contributed by atoms with van der Waals surface area (Å²) in [6.07, 6.45) is 0. The lowest BCUT2D eigenvalue weighted by molar-refractivity contribution is -0.120. The molecule has 0 fully saturated rings. The van der Waals surface area contributed by atoms with E-state index in [9.17, 15) is 14.4 Å². The Kier molecular flexibility index (Phi) is 5.58.